The first-order valence-electron chi connectivity index (χ1n) is 5.20. The maximum Gasteiger partial charge on any atom is 0.332 e. The molecule has 0 radical (unpaired) electrons. The van der Waals surface area contributed by atoms with Gasteiger partial charge in [-0.2, -0.15) is 4.98 Å². The van der Waals surface area contributed by atoms with Gasteiger partial charge in [-0.15, -0.1) is 0 Å². The van der Waals surface area contributed by atoms with Gasteiger partial charge in [0.1, 0.15) is 5.69 Å². The van der Waals surface area contributed by atoms with Crippen LogP contribution in [0.4, 0.5) is 17.5 Å². The average Bonchev–Trinajstić information content (AvgIpc) is 2.23. The van der Waals surface area contributed by atoms with Crippen molar-refractivity contribution in [2.75, 3.05) is 17.3 Å². The van der Waals surface area contributed by atoms with Gasteiger partial charge in [0.15, 0.2) is 0 Å². The van der Waals surface area contributed by atoms with Crippen LogP contribution in [0.15, 0.2) is 0 Å². The fourth-order valence-electron chi connectivity index (χ4n) is 1.27. The van der Waals surface area contributed by atoms with E-state index in [1.165, 1.54) is 6.92 Å². The summed E-state index contributed by atoms with van der Waals surface area (Å²) in [6.07, 6.45) is 0. The van der Waals surface area contributed by atoms with E-state index >= 15 is 0 Å². The number of hydrazine groups is 1. The highest BCUT2D eigenvalue weighted by Gasteiger charge is 2.23. The van der Waals surface area contributed by atoms with Gasteiger partial charge in [0.2, 0.25) is 11.8 Å². The van der Waals surface area contributed by atoms with E-state index in [2.05, 4.69) is 20.7 Å². The number of aromatic nitrogens is 2. The van der Waals surface area contributed by atoms with Gasteiger partial charge in [0.05, 0.1) is 10.5 Å². The SMILES string of the molecule is Cc1nc(NN)nc(NCC(C)(C)O)c1[N+](=O)[O-]. The van der Waals surface area contributed by atoms with Crippen LogP contribution in [0.3, 0.4) is 0 Å². The van der Waals surface area contributed by atoms with Crippen LogP contribution in [-0.2, 0) is 0 Å². The molecule has 0 aliphatic rings. The molecule has 0 fully saturated rings. The van der Waals surface area contributed by atoms with Gasteiger partial charge in [-0.1, -0.05) is 0 Å². The summed E-state index contributed by atoms with van der Waals surface area (Å²) < 4.78 is 0. The lowest BCUT2D eigenvalue weighted by Crippen LogP contribution is -2.30. The second-order valence-corrected chi connectivity index (χ2v) is 4.40. The Morgan fingerprint density at radius 1 is 1.50 bits per heavy atom. The van der Waals surface area contributed by atoms with Gasteiger partial charge in [-0.25, -0.2) is 10.8 Å². The van der Waals surface area contributed by atoms with Gasteiger partial charge in [0, 0.05) is 6.54 Å². The Balaban J connectivity index is 3.13. The number of nitrogens with zero attached hydrogens (tertiary/aromatic N) is 3. The molecule has 9 nitrogen and oxygen atoms in total. The van der Waals surface area contributed by atoms with E-state index in [0.717, 1.165) is 0 Å². The molecule has 0 spiro atoms. The Morgan fingerprint density at radius 2 is 2.11 bits per heavy atom. The maximum absolute atomic E-state index is 10.9. The molecule has 5 N–H and O–H groups in total. The van der Waals surface area contributed by atoms with Crippen molar-refractivity contribution in [3.63, 3.8) is 0 Å². The zero-order valence-corrected chi connectivity index (χ0v) is 10.4. The predicted octanol–water partition coefficient (Wildman–Crippen LogP) is 0.162. The van der Waals surface area contributed by atoms with Crippen LogP contribution in [0.5, 0.6) is 0 Å². The zero-order valence-electron chi connectivity index (χ0n) is 10.4. The van der Waals surface area contributed by atoms with E-state index in [1.807, 2.05) is 0 Å². The number of nitro groups is 1. The number of hydrogen-bond donors (Lipinski definition) is 4. The molecule has 0 unspecified atom stereocenters. The molecule has 9 heteroatoms. The lowest BCUT2D eigenvalue weighted by Gasteiger charge is -2.18. The highest BCUT2D eigenvalue weighted by molar-refractivity contribution is 5.60. The molecule has 0 aromatic carbocycles. The minimum absolute atomic E-state index is 0.0163. The molecular weight excluding hydrogens is 240 g/mol. The highest BCUT2D eigenvalue weighted by atomic mass is 16.6. The molecule has 100 valence electrons. The zero-order chi connectivity index (χ0) is 13.9. The van der Waals surface area contributed by atoms with Crippen LogP contribution in [0.2, 0.25) is 0 Å². The average molecular weight is 256 g/mol. The van der Waals surface area contributed by atoms with Crippen molar-refractivity contribution in [2.24, 2.45) is 5.84 Å². The minimum Gasteiger partial charge on any atom is -0.389 e. The monoisotopic (exact) mass is 256 g/mol. The van der Waals surface area contributed by atoms with Crippen molar-refractivity contribution in [3.05, 3.63) is 15.8 Å². The van der Waals surface area contributed by atoms with E-state index in [-0.39, 0.29) is 29.7 Å². The van der Waals surface area contributed by atoms with Gasteiger partial charge >= 0.3 is 5.69 Å². The molecule has 1 aromatic heterocycles. The third kappa shape index (κ3) is 3.50. The van der Waals surface area contributed by atoms with Gasteiger partial charge in [-0.05, 0) is 20.8 Å². The smallest absolute Gasteiger partial charge is 0.332 e. The number of hydrogen-bond acceptors (Lipinski definition) is 8. The number of nitrogens with one attached hydrogen (secondary N) is 2. The summed E-state index contributed by atoms with van der Waals surface area (Å²) in [6, 6.07) is 0. The van der Waals surface area contributed by atoms with Gasteiger partial charge in [-0.3, -0.25) is 15.5 Å². The molecule has 18 heavy (non-hydrogen) atoms. The Kier molecular flexibility index (Phi) is 3.99. The lowest BCUT2D eigenvalue weighted by molar-refractivity contribution is -0.385. The topological polar surface area (TPSA) is 139 Å². The van der Waals surface area contributed by atoms with Crippen LogP contribution < -0.4 is 16.6 Å². The van der Waals surface area contributed by atoms with Crippen molar-refractivity contribution in [1.29, 1.82) is 0 Å². The Labute approximate surface area is 104 Å². The maximum atomic E-state index is 10.9. The van der Waals surface area contributed by atoms with E-state index in [0.29, 0.717) is 0 Å². The first-order valence-corrected chi connectivity index (χ1v) is 5.20. The third-order valence-electron chi connectivity index (χ3n) is 2.06. The fraction of sp³-hybridized carbons (Fsp3) is 0.556. The van der Waals surface area contributed by atoms with Crippen LogP contribution in [0.1, 0.15) is 19.5 Å². The molecule has 0 aliphatic carbocycles. The number of aryl methyl sites for hydroxylation is 1. The Hall–Kier alpha value is -2.00. The van der Waals surface area contributed by atoms with Crippen molar-refractivity contribution in [3.8, 4) is 0 Å². The summed E-state index contributed by atoms with van der Waals surface area (Å²) in [6.45, 7) is 4.73. The number of rotatable bonds is 5. The molecule has 1 rings (SSSR count). The van der Waals surface area contributed by atoms with E-state index in [4.69, 9.17) is 5.84 Å². The standard InChI is InChI=1S/C9H16N6O3/c1-5-6(15(17)18)7(11-4-9(2,3)16)13-8(12-5)14-10/h16H,4,10H2,1-3H3,(H2,11,12,13,14). The summed E-state index contributed by atoms with van der Waals surface area (Å²) in [5.41, 5.74) is 1.14. The molecule has 0 atom stereocenters. The predicted molar refractivity (Wildman–Crippen MR) is 66.0 cm³/mol. The quantitative estimate of drug-likeness (QED) is 0.332. The molecule has 1 aromatic rings. The second kappa shape index (κ2) is 5.10. The van der Waals surface area contributed by atoms with Crippen LogP contribution in [0, 0.1) is 17.0 Å². The van der Waals surface area contributed by atoms with Crippen LogP contribution in [0.25, 0.3) is 0 Å². The summed E-state index contributed by atoms with van der Waals surface area (Å²) in [7, 11) is 0. The minimum atomic E-state index is -1.02. The fourth-order valence-corrected chi connectivity index (χ4v) is 1.27. The first-order chi connectivity index (χ1) is 8.24. The Bertz CT molecular complexity index is 456. The molecular formula is C9H16N6O3. The van der Waals surface area contributed by atoms with E-state index in [1.54, 1.807) is 13.8 Å². The van der Waals surface area contributed by atoms with Gasteiger partial charge in [0.25, 0.3) is 0 Å². The molecule has 0 saturated carbocycles. The largest absolute Gasteiger partial charge is 0.389 e. The van der Waals surface area contributed by atoms with E-state index < -0.39 is 10.5 Å². The van der Waals surface area contributed by atoms with Crippen LogP contribution >= 0.6 is 0 Å². The molecule has 0 saturated heterocycles. The third-order valence-corrected chi connectivity index (χ3v) is 2.06. The van der Waals surface area contributed by atoms with Crippen LogP contribution in [-0.4, -0.2) is 32.1 Å². The highest BCUT2D eigenvalue weighted by Crippen LogP contribution is 2.26. The second-order valence-electron chi connectivity index (χ2n) is 4.40. The first kappa shape index (κ1) is 14.1. The summed E-state index contributed by atoms with van der Waals surface area (Å²) in [5.74, 6) is 5.26. The van der Waals surface area contributed by atoms with Crippen molar-refractivity contribution in [2.45, 2.75) is 26.4 Å². The van der Waals surface area contributed by atoms with Gasteiger partial charge < -0.3 is 10.4 Å². The number of aliphatic hydroxyl groups is 1. The Morgan fingerprint density at radius 3 is 2.56 bits per heavy atom. The number of anilines is 2. The molecule has 0 amide bonds. The normalized spacial score (nSPS) is 11.2. The molecule has 0 aliphatic heterocycles. The van der Waals surface area contributed by atoms with Crippen molar-refractivity contribution in [1.82, 2.24) is 9.97 Å². The van der Waals surface area contributed by atoms with E-state index in [9.17, 15) is 15.2 Å². The number of nitrogens with two attached hydrogens (primary N) is 1. The lowest BCUT2D eigenvalue weighted by atomic mass is 10.1. The van der Waals surface area contributed by atoms with Crippen molar-refractivity contribution < 1.29 is 10.0 Å². The number of nitrogen functional groups attached to an aromatic ring is 1. The summed E-state index contributed by atoms with van der Waals surface area (Å²) in [4.78, 5) is 18.0. The summed E-state index contributed by atoms with van der Waals surface area (Å²) >= 11 is 0. The molecule has 1 heterocycles. The van der Waals surface area contributed by atoms with Crippen molar-refractivity contribution >= 4 is 17.5 Å². The summed E-state index contributed by atoms with van der Waals surface area (Å²) in [5, 5.41) is 23.2. The molecule has 0 bridgehead atoms.